The second kappa shape index (κ2) is 7.34. The molecule has 1 aliphatic heterocycles. The summed E-state index contributed by atoms with van der Waals surface area (Å²) in [6.07, 6.45) is -0.575. The number of nitrogens with zero attached hydrogens (tertiary/aromatic N) is 1. The van der Waals surface area contributed by atoms with Crippen molar-refractivity contribution in [2.24, 2.45) is 0 Å². The van der Waals surface area contributed by atoms with Crippen molar-refractivity contribution in [3.63, 3.8) is 0 Å². The third kappa shape index (κ3) is 3.31. The molecule has 0 spiro atoms. The van der Waals surface area contributed by atoms with E-state index in [1.54, 1.807) is 7.11 Å². The third-order valence-corrected chi connectivity index (χ3v) is 4.94. The van der Waals surface area contributed by atoms with E-state index in [4.69, 9.17) is 4.74 Å². The Morgan fingerprint density at radius 3 is 2.58 bits per heavy atom. The number of methoxy groups -OCH3 is 1. The predicted molar refractivity (Wildman–Crippen MR) is 94.2 cm³/mol. The molecular weight excluding hydrogens is 302 g/mol. The van der Waals surface area contributed by atoms with E-state index in [9.17, 15) is 10.2 Å². The van der Waals surface area contributed by atoms with E-state index < -0.39 is 6.10 Å². The molecule has 3 rings (SSSR count). The monoisotopic (exact) mass is 327 g/mol. The van der Waals surface area contributed by atoms with Crippen LogP contribution >= 0.6 is 0 Å². The molecule has 2 aromatic rings. The lowest BCUT2D eigenvalue weighted by Crippen LogP contribution is -2.38. The van der Waals surface area contributed by atoms with Crippen molar-refractivity contribution in [1.82, 2.24) is 4.90 Å². The highest BCUT2D eigenvalue weighted by Gasteiger charge is 2.41. The number of likely N-dealkylation sites (tertiary alicyclic amines) is 1. The Balaban J connectivity index is 1.83. The van der Waals surface area contributed by atoms with Gasteiger partial charge in [-0.05, 0) is 24.1 Å². The Labute approximate surface area is 143 Å². The van der Waals surface area contributed by atoms with Crippen LogP contribution in [0, 0.1) is 6.92 Å². The lowest BCUT2D eigenvalue weighted by atomic mass is 9.94. The number of aliphatic hydroxyl groups excluding tert-OH is 2. The summed E-state index contributed by atoms with van der Waals surface area (Å²) >= 11 is 0. The minimum absolute atomic E-state index is 0.0137. The van der Waals surface area contributed by atoms with Crippen LogP contribution in [0.1, 0.15) is 22.6 Å². The van der Waals surface area contributed by atoms with Gasteiger partial charge < -0.3 is 14.9 Å². The molecule has 128 valence electrons. The highest BCUT2D eigenvalue weighted by molar-refractivity contribution is 5.37. The first-order valence-corrected chi connectivity index (χ1v) is 8.35. The van der Waals surface area contributed by atoms with Crippen molar-refractivity contribution < 1.29 is 14.9 Å². The molecule has 2 N–H and O–H groups in total. The summed E-state index contributed by atoms with van der Waals surface area (Å²) in [4.78, 5) is 2.15. The minimum atomic E-state index is -0.575. The summed E-state index contributed by atoms with van der Waals surface area (Å²) in [5.74, 6) is 0.865. The molecule has 4 heteroatoms. The minimum Gasteiger partial charge on any atom is -0.496 e. The maximum absolute atomic E-state index is 10.7. The Hall–Kier alpha value is -1.88. The number of ether oxygens (including phenoxy) is 1. The van der Waals surface area contributed by atoms with Gasteiger partial charge in [0.25, 0.3) is 0 Å². The fourth-order valence-electron chi connectivity index (χ4n) is 3.59. The molecule has 0 radical (unpaired) electrons. The Kier molecular flexibility index (Phi) is 5.19. The van der Waals surface area contributed by atoms with E-state index in [-0.39, 0.29) is 18.6 Å². The Bertz CT molecular complexity index is 674. The van der Waals surface area contributed by atoms with Crippen LogP contribution in [0.25, 0.3) is 0 Å². The van der Waals surface area contributed by atoms with Gasteiger partial charge in [-0.1, -0.05) is 42.5 Å². The molecule has 1 saturated heterocycles. The number of rotatable bonds is 5. The van der Waals surface area contributed by atoms with E-state index in [1.807, 2.05) is 43.3 Å². The van der Waals surface area contributed by atoms with Crippen LogP contribution in [0.3, 0.4) is 0 Å². The van der Waals surface area contributed by atoms with Gasteiger partial charge in [-0.3, -0.25) is 4.90 Å². The van der Waals surface area contributed by atoms with Gasteiger partial charge in [0.15, 0.2) is 0 Å². The van der Waals surface area contributed by atoms with Crippen LogP contribution in [-0.4, -0.2) is 47.5 Å². The van der Waals surface area contributed by atoms with Crippen LogP contribution in [0.4, 0.5) is 0 Å². The first-order chi connectivity index (χ1) is 11.6. The zero-order valence-corrected chi connectivity index (χ0v) is 14.2. The third-order valence-electron chi connectivity index (χ3n) is 4.94. The summed E-state index contributed by atoms with van der Waals surface area (Å²) < 4.78 is 5.49. The maximum atomic E-state index is 10.7. The molecule has 1 aliphatic rings. The van der Waals surface area contributed by atoms with Gasteiger partial charge in [-0.2, -0.15) is 0 Å². The molecule has 0 bridgehead atoms. The second-order valence-electron chi connectivity index (χ2n) is 6.50. The molecule has 1 heterocycles. The summed E-state index contributed by atoms with van der Waals surface area (Å²) in [7, 11) is 1.67. The van der Waals surface area contributed by atoms with Gasteiger partial charge in [0.05, 0.1) is 25.9 Å². The summed E-state index contributed by atoms with van der Waals surface area (Å²) in [5, 5.41) is 20.5. The van der Waals surface area contributed by atoms with E-state index in [1.165, 1.54) is 0 Å². The molecule has 0 aliphatic carbocycles. The van der Waals surface area contributed by atoms with Gasteiger partial charge >= 0.3 is 0 Å². The lowest BCUT2D eigenvalue weighted by Gasteiger charge is -2.25. The highest BCUT2D eigenvalue weighted by Crippen LogP contribution is 2.34. The van der Waals surface area contributed by atoms with Gasteiger partial charge in [0.1, 0.15) is 5.75 Å². The van der Waals surface area contributed by atoms with E-state index >= 15 is 0 Å². The quantitative estimate of drug-likeness (QED) is 0.885. The topological polar surface area (TPSA) is 52.9 Å². The highest BCUT2D eigenvalue weighted by atomic mass is 16.5. The van der Waals surface area contributed by atoms with Crippen molar-refractivity contribution in [3.8, 4) is 5.75 Å². The van der Waals surface area contributed by atoms with E-state index in [2.05, 4.69) is 17.0 Å². The molecule has 0 aromatic heterocycles. The second-order valence-corrected chi connectivity index (χ2v) is 6.50. The van der Waals surface area contributed by atoms with E-state index in [0.717, 1.165) is 22.4 Å². The SMILES string of the molecule is COc1cc(C)ccc1CN1C[C@H](c2ccccc2)[C@@H](O)[C@H]1CO. The summed E-state index contributed by atoms with van der Waals surface area (Å²) in [6.45, 7) is 3.34. The number of aryl methyl sites for hydroxylation is 1. The molecule has 0 saturated carbocycles. The van der Waals surface area contributed by atoms with Crippen molar-refractivity contribution in [2.75, 3.05) is 20.3 Å². The van der Waals surface area contributed by atoms with Crippen LogP contribution in [0.15, 0.2) is 48.5 Å². The predicted octanol–water partition coefficient (Wildman–Crippen LogP) is 2.32. The number of hydrogen-bond acceptors (Lipinski definition) is 4. The lowest BCUT2D eigenvalue weighted by molar-refractivity contribution is 0.0638. The van der Waals surface area contributed by atoms with Crippen molar-refractivity contribution in [3.05, 3.63) is 65.2 Å². The van der Waals surface area contributed by atoms with Gasteiger partial charge in [-0.25, -0.2) is 0 Å². The summed E-state index contributed by atoms with van der Waals surface area (Å²) in [6, 6.07) is 15.9. The molecule has 3 atom stereocenters. The first kappa shape index (κ1) is 17.0. The molecule has 0 unspecified atom stereocenters. The maximum Gasteiger partial charge on any atom is 0.123 e. The van der Waals surface area contributed by atoms with Crippen molar-refractivity contribution in [1.29, 1.82) is 0 Å². The summed E-state index contributed by atoms with van der Waals surface area (Å²) in [5.41, 5.74) is 3.34. The molecule has 0 amide bonds. The standard InChI is InChI=1S/C20H25NO3/c1-14-8-9-16(19(10-14)24-2)11-21-12-17(20(23)18(21)13-22)15-6-4-3-5-7-15/h3-10,17-18,20,22-23H,11-13H2,1-2H3/t17-,18-,20-/m1/s1. The van der Waals surface area contributed by atoms with Gasteiger partial charge in [0.2, 0.25) is 0 Å². The Morgan fingerprint density at radius 1 is 1.17 bits per heavy atom. The van der Waals surface area contributed by atoms with Gasteiger partial charge in [0, 0.05) is 24.6 Å². The fraction of sp³-hybridized carbons (Fsp3) is 0.400. The van der Waals surface area contributed by atoms with Crippen molar-refractivity contribution in [2.45, 2.75) is 31.5 Å². The zero-order chi connectivity index (χ0) is 17.1. The normalized spacial score (nSPS) is 24.2. The molecule has 1 fully saturated rings. The molecule has 2 aromatic carbocycles. The van der Waals surface area contributed by atoms with Crippen LogP contribution in [0.2, 0.25) is 0 Å². The number of benzene rings is 2. The number of hydrogen-bond donors (Lipinski definition) is 2. The largest absolute Gasteiger partial charge is 0.496 e. The van der Waals surface area contributed by atoms with E-state index in [0.29, 0.717) is 13.1 Å². The molecular formula is C20H25NO3. The smallest absolute Gasteiger partial charge is 0.123 e. The fourth-order valence-corrected chi connectivity index (χ4v) is 3.59. The van der Waals surface area contributed by atoms with Gasteiger partial charge in [-0.15, -0.1) is 0 Å². The number of aliphatic hydroxyl groups is 2. The average molecular weight is 327 g/mol. The van der Waals surface area contributed by atoms with Crippen LogP contribution < -0.4 is 4.74 Å². The molecule has 24 heavy (non-hydrogen) atoms. The zero-order valence-electron chi connectivity index (χ0n) is 14.2. The van der Waals surface area contributed by atoms with Crippen LogP contribution in [-0.2, 0) is 6.54 Å². The van der Waals surface area contributed by atoms with Crippen molar-refractivity contribution >= 4 is 0 Å². The first-order valence-electron chi connectivity index (χ1n) is 8.35. The van der Waals surface area contributed by atoms with Crippen LogP contribution in [0.5, 0.6) is 5.75 Å². The Morgan fingerprint density at radius 2 is 1.92 bits per heavy atom. The molecule has 4 nitrogen and oxygen atoms in total. The average Bonchev–Trinajstić information content (AvgIpc) is 2.92.